The van der Waals surface area contributed by atoms with Crippen LogP contribution in [0.2, 0.25) is 0 Å². The number of carbonyl (C=O) groups is 1. The lowest BCUT2D eigenvalue weighted by atomic mass is 10.0. The van der Waals surface area contributed by atoms with E-state index in [0.29, 0.717) is 31.0 Å². The molecule has 0 radical (unpaired) electrons. The molecule has 2 amide bonds. The van der Waals surface area contributed by atoms with Gasteiger partial charge in [-0.25, -0.2) is 19.2 Å². The van der Waals surface area contributed by atoms with Gasteiger partial charge in [0.2, 0.25) is 0 Å². The fourth-order valence-corrected chi connectivity index (χ4v) is 3.59. The minimum Gasteiger partial charge on any atom is -0.357 e. The van der Waals surface area contributed by atoms with Crippen molar-refractivity contribution in [2.45, 2.75) is 32.9 Å². The quantitative estimate of drug-likeness (QED) is 0.665. The average Bonchev–Trinajstić information content (AvgIpc) is 2.78. The smallest absolute Gasteiger partial charge is 0.322 e. The van der Waals surface area contributed by atoms with Crippen molar-refractivity contribution < 1.29 is 9.18 Å². The van der Waals surface area contributed by atoms with Crippen molar-refractivity contribution in [2.24, 2.45) is 0 Å². The molecular weight excluding hydrogens is 393 g/mol. The number of amides is 2. The van der Waals surface area contributed by atoms with E-state index in [1.165, 1.54) is 12.1 Å². The van der Waals surface area contributed by atoms with Gasteiger partial charge in [0.15, 0.2) is 5.82 Å². The second kappa shape index (κ2) is 8.71. The highest BCUT2D eigenvalue weighted by Gasteiger charge is 2.27. The largest absolute Gasteiger partial charge is 0.357 e. The number of hydrogen-bond acceptors (Lipinski definition) is 4. The van der Waals surface area contributed by atoms with Crippen LogP contribution in [0.4, 0.5) is 20.7 Å². The van der Waals surface area contributed by atoms with Crippen molar-refractivity contribution in [1.29, 1.82) is 0 Å². The minimum atomic E-state index is -0.385. The summed E-state index contributed by atoms with van der Waals surface area (Å²) in [6, 6.07) is 15.8. The van der Waals surface area contributed by atoms with Gasteiger partial charge >= 0.3 is 6.03 Å². The van der Waals surface area contributed by atoms with Gasteiger partial charge in [-0.3, -0.25) is 0 Å². The molecule has 0 spiro atoms. The van der Waals surface area contributed by atoms with Gasteiger partial charge < -0.3 is 15.1 Å². The number of hydrogen-bond donors (Lipinski definition) is 1. The number of carbonyl (C=O) groups excluding carboxylic acids is 1. The molecule has 0 atom stereocenters. The van der Waals surface area contributed by atoms with Crippen LogP contribution >= 0.6 is 0 Å². The van der Waals surface area contributed by atoms with E-state index in [4.69, 9.17) is 9.97 Å². The molecule has 1 aliphatic heterocycles. The summed E-state index contributed by atoms with van der Waals surface area (Å²) in [5.74, 6) is 1.14. The predicted octanol–water partition coefficient (Wildman–Crippen LogP) is 4.72. The van der Waals surface area contributed by atoms with Crippen molar-refractivity contribution in [1.82, 2.24) is 14.9 Å². The molecule has 2 heterocycles. The molecule has 0 fully saturated rings. The van der Waals surface area contributed by atoms with E-state index in [1.54, 1.807) is 17.0 Å². The molecule has 1 aromatic heterocycles. The second-order valence-electron chi connectivity index (χ2n) is 7.98. The Morgan fingerprint density at radius 2 is 1.90 bits per heavy atom. The molecule has 2 aromatic carbocycles. The monoisotopic (exact) mass is 419 g/mol. The van der Waals surface area contributed by atoms with E-state index in [0.717, 1.165) is 22.6 Å². The molecular formula is C24H26FN5O. The van der Waals surface area contributed by atoms with Crippen LogP contribution in [0.15, 0.2) is 54.6 Å². The van der Waals surface area contributed by atoms with Crippen molar-refractivity contribution in [3.63, 3.8) is 0 Å². The van der Waals surface area contributed by atoms with Gasteiger partial charge in [-0.15, -0.1) is 0 Å². The van der Waals surface area contributed by atoms with Gasteiger partial charge in [-0.2, -0.15) is 0 Å². The molecule has 0 unspecified atom stereocenters. The molecule has 0 aliphatic carbocycles. The topological polar surface area (TPSA) is 61.4 Å². The van der Waals surface area contributed by atoms with Crippen LogP contribution < -0.4 is 10.2 Å². The van der Waals surface area contributed by atoms with Gasteiger partial charge in [-0.05, 0) is 32.0 Å². The van der Waals surface area contributed by atoms with E-state index < -0.39 is 0 Å². The van der Waals surface area contributed by atoms with Crippen molar-refractivity contribution in [3.05, 3.63) is 71.7 Å². The van der Waals surface area contributed by atoms with Crippen LogP contribution in [0.1, 0.15) is 25.1 Å². The van der Waals surface area contributed by atoms with Gasteiger partial charge in [-0.1, -0.05) is 36.4 Å². The van der Waals surface area contributed by atoms with Crippen LogP contribution in [0.5, 0.6) is 0 Å². The standard InChI is InChI=1S/C24H26FN5O/c1-16(2)29(3)23-20-15-30(24(31)26-19-11-7-10-18(25)14-19)13-12-21(20)27-22(28-23)17-8-5-4-6-9-17/h4-11,14,16H,12-13,15H2,1-3H3,(H,26,31). The fraction of sp³-hybridized carbons (Fsp3) is 0.292. The first-order valence-corrected chi connectivity index (χ1v) is 10.4. The molecule has 0 bridgehead atoms. The van der Waals surface area contributed by atoms with Crippen LogP contribution in [-0.2, 0) is 13.0 Å². The molecule has 6 nitrogen and oxygen atoms in total. The van der Waals surface area contributed by atoms with Crippen molar-refractivity contribution >= 4 is 17.5 Å². The Morgan fingerprint density at radius 3 is 2.61 bits per heavy atom. The molecule has 160 valence electrons. The second-order valence-corrected chi connectivity index (χ2v) is 7.98. The Kier molecular flexibility index (Phi) is 5.84. The third kappa shape index (κ3) is 4.50. The summed E-state index contributed by atoms with van der Waals surface area (Å²) in [4.78, 5) is 26.4. The van der Waals surface area contributed by atoms with E-state index in [-0.39, 0.29) is 17.9 Å². The SMILES string of the molecule is CC(C)N(C)c1nc(-c2ccccc2)nc2c1CN(C(=O)Nc1cccc(F)c1)CC2. The van der Waals surface area contributed by atoms with Crippen LogP contribution in [0.25, 0.3) is 11.4 Å². The first-order chi connectivity index (χ1) is 14.9. The van der Waals surface area contributed by atoms with Gasteiger partial charge in [0.25, 0.3) is 0 Å². The summed E-state index contributed by atoms with van der Waals surface area (Å²) in [5, 5.41) is 2.78. The Morgan fingerprint density at radius 1 is 1.13 bits per heavy atom. The lowest BCUT2D eigenvalue weighted by Gasteiger charge is -2.33. The number of halogens is 1. The summed E-state index contributed by atoms with van der Waals surface area (Å²) in [6.07, 6.45) is 0.632. The summed E-state index contributed by atoms with van der Waals surface area (Å²) in [7, 11) is 2.01. The molecule has 1 aliphatic rings. The Labute approximate surface area is 181 Å². The number of nitrogens with zero attached hydrogens (tertiary/aromatic N) is 4. The summed E-state index contributed by atoms with van der Waals surface area (Å²) < 4.78 is 13.5. The number of benzene rings is 2. The maximum atomic E-state index is 13.5. The zero-order valence-corrected chi connectivity index (χ0v) is 18.0. The van der Waals surface area contributed by atoms with Gasteiger partial charge in [0.1, 0.15) is 11.6 Å². The summed E-state index contributed by atoms with van der Waals surface area (Å²) in [5.41, 5.74) is 3.32. The van der Waals surface area contributed by atoms with Crippen LogP contribution in [-0.4, -0.2) is 40.5 Å². The molecule has 4 rings (SSSR count). The van der Waals surface area contributed by atoms with Crippen LogP contribution in [0, 0.1) is 5.82 Å². The van der Waals surface area contributed by atoms with E-state index in [2.05, 4.69) is 24.1 Å². The fourth-order valence-electron chi connectivity index (χ4n) is 3.59. The van der Waals surface area contributed by atoms with Gasteiger partial charge in [0, 0.05) is 42.9 Å². The highest BCUT2D eigenvalue weighted by molar-refractivity contribution is 5.89. The number of aromatic nitrogens is 2. The maximum absolute atomic E-state index is 13.5. The third-order valence-electron chi connectivity index (χ3n) is 5.54. The normalized spacial score (nSPS) is 13.1. The van der Waals surface area contributed by atoms with E-state index in [1.807, 2.05) is 37.4 Å². The zero-order chi connectivity index (χ0) is 22.0. The number of nitrogens with one attached hydrogen (secondary N) is 1. The van der Waals surface area contributed by atoms with Crippen molar-refractivity contribution in [2.75, 3.05) is 23.8 Å². The molecule has 0 saturated heterocycles. The Hall–Kier alpha value is -3.48. The lowest BCUT2D eigenvalue weighted by molar-refractivity contribution is 0.206. The molecule has 31 heavy (non-hydrogen) atoms. The van der Waals surface area contributed by atoms with Crippen molar-refractivity contribution in [3.8, 4) is 11.4 Å². The molecule has 1 N–H and O–H groups in total. The Bertz CT molecular complexity index is 1090. The third-order valence-corrected chi connectivity index (χ3v) is 5.54. The maximum Gasteiger partial charge on any atom is 0.322 e. The number of rotatable bonds is 4. The first kappa shape index (κ1) is 20.8. The Balaban J connectivity index is 1.65. The van der Waals surface area contributed by atoms with E-state index >= 15 is 0 Å². The van der Waals surface area contributed by atoms with E-state index in [9.17, 15) is 9.18 Å². The van der Waals surface area contributed by atoms with Gasteiger partial charge in [0.05, 0.1) is 12.2 Å². The number of anilines is 2. The van der Waals surface area contributed by atoms with Crippen LogP contribution in [0.3, 0.4) is 0 Å². The summed E-state index contributed by atoms with van der Waals surface area (Å²) >= 11 is 0. The molecule has 3 aromatic rings. The minimum absolute atomic E-state index is 0.235. The predicted molar refractivity (Wildman–Crippen MR) is 121 cm³/mol. The average molecular weight is 420 g/mol. The number of fused-ring (bicyclic) bond motifs is 1. The highest BCUT2D eigenvalue weighted by atomic mass is 19.1. The zero-order valence-electron chi connectivity index (χ0n) is 18.0. The lowest BCUT2D eigenvalue weighted by Crippen LogP contribution is -2.40. The summed E-state index contributed by atoms with van der Waals surface area (Å²) in [6.45, 7) is 5.14. The molecule has 7 heteroatoms. The number of urea groups is 1. The molecule has 0 saturated carbocycles. The first-order valence-electron chi connectivity index (χ1n) is 10.4. The highest BCUT2D eigenvalue weighted by Crippen LogP contribution is 2.30.